The van der Waals surface area contributed by atoms with Crippen LogP contribution >= 0.6 is 67.8 Å². The number of rotatable bonds is 5. The topological polar surface area (TPSA) is 169 Å². The molecule has 0 spiro atoms. The maximum absolute atomic E-state index is 13.2. The molecular formula is C18H22I3N3O8. The first-order chi connectivity index (χ1) is 14.8. The first-order valence-electron chi connectivity index (χ1n) is 9.17. The minimum Gasteiger partial charge on any atom is -0.394 e. The first kappa shape index (κ1) is 27.9. The van der Waals surface area contributed by atoms with Crippen LogP contribution in [-0.4, -0.2) is 82.4 Å². The smallest absolute Gasteiger partial charge is 0.254 e. The van der Waals surface area contributed by atoms with E-state index in [1.165, 1.54) is 25.8 Å². The molecule has 11 nitrogen and oxygen atoms in total. The maximum Gasteiger partial charge on any atom is 0.254 e. The fourth-order valence-corrected chi connectivity index (χ4v) is 7.71. The Labute approximate surface area is 224 Å². The van der Waals surface area contributed by atoms with Crippen molar-refractivity contribution in [2.24, 2.45) is 0 Å². The number of carbonyl (C=O) groups excluding carboxylic acids is 3. The van der Waals surface area contributed by atoms with Gasteiger partial charge in [-0.15, -0.1) is 0 Å². The van der Waals surface area contributed by atoms with E-state index in [-0.39, 0.29) is 17.4 Å². The Morgan fingerprint density at radius 3 is 2.12 bits per heavy atom. The molecule has 5 atom stereocenters. The summed E-state index contributed by atoms with van der Waals surface area (Å²) in [7, 11) is 1.53. The Morgan fingerprint density at radius 1 is 1.03 bits per heavy atom. The van der Waals surface area contributed by atoms with Crippen LogP contribution < -0.4 is 15.5 Å². The molecule has 3 unspecified atom stereocenters. The lowest BCUT2D eigenvalue weighted by Crippen LogP contribution is -2.64. The van der Waals surface area contributed by atoms with Crippen LogP contribution in [0.15, 0.2) is 0 Å². The quantitative estimate of drug-likeness (QED) is 0.227. The van der Waals surface area contributed by atoms with Crippen LogP contribution in [0.2, 0.25) is 0 Å². The van der Waals surface area contributed by atoms with Crippen molar-refractivity contribution in [2.75, 3.05) is 23.9 Å². The molecule has 14 heteroatoms. The van der Waals surface area contributed by atoms with E-state index in [4.69, 9.17) is 4.74 Å². The SMILES string of the molecule is CC(=O)Nc1c(I)c(C(=O)NC2C(O)OC(CO)[C@@H](O)[C@H]2O)c(I)c(N(C)C(C)=O)c1I. The van der Waals surface area contributed by atoms with Crippen molar-refractivity contribution < 1.29 is 39.5 Å². The average molecular weight is 789 g/mol. The number of aliphatic hydroxyl groups is 4. The lowest BCUT2D eigenvalue weighted by Gasteiger charge is -2.40. The van der Waals surface area contributed by atoms with E-state index in [9.17, 15) is 34.8 Å². The van der Waals surface area contributed by atoms with Gasteiger partial charge in [0.05, 0.1) is 34.3 Å². The molecule has 3 amide bonds. The molecule has 1 aromatic carbocycles. The number of halogens is 3. The highest BCUT2D eigenvalue weighted by molar-refractivity contribution is 14.1. The van der Waals surface area contributed by atoms with Crippen molar-refractivity contribution in [3.8, 4) is 0 Å². The predicted octanol–water partition coefficient (Wildman–Crippen LogP) is -0.0288. The number of nitrogens with zero attached hydrogens (tertiary/aromatic N) is 1. The largest absolute Gasteiger partial charge is 0.394 e. The molecule has 6 N–H and O–H groups in total. The Bertz CT molecular complexity index is 931. The summed E-state index contributed by atoms with van der Waals surface area (Å²) in [6.07, 6.45) is -6.07. The standard InChI is InChI=1S/C18H22I3N3O8/c1-5(26)22-12-9(19)8(10(20)14(11(12)21)24(3)6(2)27)17(30)23-13-16(29)15(28)7(4-25)32-18(13)31/h7,13,15-16,18,25,28-29,31H,4H2,1-3H3,(H,22,26)(H,23,30)/t7?,13?,15-,16+,18?/m1/s1. The molecule has 1 aromatic rings. The van der Waals surface area contributed by atoms with Gasteiger partial charge >= 0.3 is 0 Å². The van der Waals surface area contributed by atoms with Crippen molar-refractivity contribution in [3.05, 3.63) is 16.3 Å². The first-order valence-corrected chi connectivity index (χ1v) is 12.4. The average Bonchev–Trinajstić information content (AvgIpc) is 2.70. The molecule has 1 saturated heterocycles. The second-order valence-electron chi connectivity index (χ2n) is 7.03. The number of hydrogen-bond acceptors (Lipinski definition) is 8. The molecule has 2 rings (SSSR count). The van der Waals surface area contributed by atoms with Gasteiger partial charge in [0.2, 0.25) is 11.8 Å². The summed E-state index contributed by atoms with van der Waals surface area (Å²) in [5.41, 5.74) is 0.819. The van der Waals surface area contributed by atoms with E-state index >= 15 is 0 Å². The molecule has 0 bridgehead atoms. The molecule has 0 aliphatic carbocycles. The van der Waals surface area contributed by atoms with E-state index in [2.05, 4.69) is 10.6 Å². The van der Waals surface area contributed by atoms with E-state index in [1.807, 2.05) is 67.8 Å². The van der Waals surface area contributed by atoms with Crippen LogP contribution in [0, 0.1) is 10.7 Å². The third-order valence-corrected chi connectivity index (χ3v) is 8.01. The lowest BCUT2D eigenvalue weighted by molar-refractivity contribution is -0.252. The highest BCUT2D eigenvalue weighted by Crippen LogP contribution is 2.40. The Morgan fingerprint density at radius 2 is 1.62 bits per heavy atom. The van der Waals surface area contributed by atoms with Crippen LogP contribution in [0.5, 0.6) is 0 Å². The van der Waals surface area contributed by atoms with E-state index in [0.29, 0.717) is 22.1 Å². The minimum atomic E-state index is -1.69. The number of hydrogen-bond donors (Lipinski definition) is 6. The van der Waals surface area contributed by atoms with Gasteiger partial charge in [0.15, 0.2) is 6.29 Å². The van der Waals surface area contributed by atoms with Crippen molar-refractivity contribution in [3.63, 3.8) is 0 Å². The van der Waals surface area contributed by atoms with Gasteiger partial charge in [-0.3, -0.25) is 14.4 Å². The van der Waals surface area contributed by atoms with Crippen LogP contribution in [0.4, 0.5) is 11.4 Å². The molecule has 32 heavy (non-hydrogen) atoms. The lowest BCUT2D eigenvalue weighted by atomic mass is 9.96. The highest BCUT2D eigenvalue weighted by Gasteiger charge is 2.44. The zero-order chi connectivity index (χ0) is 24.5. The van der Waals surface area contributed by atoms with E-state index < -0.39 is 43.2 Å². The summed E-state index contributed by atoms with van der Waals surface area (Å²) in [6, 6.07) is -1.40. The van der Waals surface area contributed by atoms with Crippen LogP contribution in [0.25, 0.3) is 0 Å². The summed E-state index contributed by atoms with van der Waals surface area (Å²) in [4.78, 5) is 38.4. The normalized spacial score (nSPS) is 25.2. The Balaban J connectivity index is 2.56. The maximum atomic E-state index is 13.2. The van der Waals surface area contributed by atoms with Crippen LogP contribution in [0.3, 0.4) is 0 Å². The van der Waals surface area contributed by atoms with Gasteiger partial charge in [0, 0.05) is 20.9 Å². The summed E-state index contributed by atoms with van der Waals surface area (Å²) < 4.78 is 6.40. The molecule has 1 aliphatic heterocycles. The number of carbonyl (C=O) groups is 3. The molecule has 0 aromatic heterocycles. The second-order valence-corrected chi connectivity index (χ2v) is 10.3. The zero-order valence-electron chi connectivity index (χ0n) is 17.1. The molecule has 1 fully saturated rings. The molecular weight excluding hydrogens is 767 g/mol. The van der Waals surface area contributed by atoms with Gasteiger partial charge in [-0.2, -0.15) is 0 Å². The fourth-order valence-electron chi connectivity index (χ4n) is 3.06. The third-order valence-electron chi connectivity index (χ3n) is 4.83. The second kappa shape index (κ2) is 11.4. The number of nitrogens with one attached hydrogen (secondary N) is 2. The predicted molar refractivity (Wildman–Crippen MR) is 139 cm³/mol. The number of amides is 3. The molecule has 0 radical (unpaired) electrons. The number of ether oxygens (including phenoxy) is 1. The van der Waals surface area contributed by atoms with Crippen LogP contribution in [0.1, 0.15) is 24.2 Å². The van der Waals surface area contributed by atoms with Gasteiger partial charge in [-0.25, -0.2) is 0 Å². The number of anilines is 2. The summed E-state index contributed by atoms with van der Waals surface area (Å²) >= 11 is 5.78. The number of aliphatic hydroxyl groups excluding tert-OH is 4. The Kier molecular flexibility index (Phi) is 9.89. The van der Waals surface area contributed by atoms with Crippen molar-refractivity contribution in [1.82, 2.24) is 5.32 Å². The van der Waals surface area contributed by atoms with Gasteiger partial charge < -0.3 is 40.7 Å². The monoisotopic (exact) mass is 789 g/mol. The van der Waals surface area contributed by atoms with Crippen molar-refractivity contribution >= 4 is 96.9 Å². The van der Waals surface area contributed by atoms with Crippen molar-refractivity contribution in [2.45, 2.75) is 44.5 Å². The highest BCUT2D eigenvalue weighted by atomic mass is 127. The Hall–Kier alpha value is -0.380. The van der Waals surface area contributed by atoms with E-state index in [0.717, 1.165) is 0 Å². The van der Waals surface area contributed by atoms with Crippen LogP contribution in [-0.2, 0) is 14.3 Å². The van der Waals surface area contributed by atoms with Gasteiger partial charge in [-0.05, 0) is 67.8 Å². The minimum absolute atomic E-state index is 0.0941. The fraction of sp³-hybridized carbons (Fsp3) is 0.500. The summed E-state index contributed by atoms with van der Waals surface area (Å²) in [5, 5.41) is 45.0. The van der Waals surface area contributed by atoms with Gasteiger partial charge in [0.1, 0.15) is 24.4 Å². The molecule has 178 valence electrons. The molecule has 1 aliphatic rings. The van der Waals surface area contributed by atoms with Gasteiger partial charge in [-0.1, -0.05) is 0 Å². The zero-order valence-corrected chi connectivity index (χ0v) is 23.6. The van der Waals surface area contributed by atoms with Gasteiger partial charge in [0.25, 0.3) is 5.91 Å². The molecule has 0 saturated carbocycles. The van der Waals surface area contributed by atoms with E-state index in [1.54, 1.807) is 0 Å². The van der Waals surface area contributed by atoms with Crippen molar-refractivity contribution in [1.29, 1.82) is 0 Å². The summed E-state index contributed by atoms with van der Waals surface area (Å²) in [5.74, 6) is -1.41. The number of benzene rings is 1. The molecule has 1 heterocycles. The third kappa shape index (κ3) is 5.63. The summed E-state index contributed by atoms with van der Waals surface area (Å²) in [6.45, 7) is 2.03.